The van der Waals surface area contributed by atoms with Gasteiger partial charge in [0.15, 0.2) is 6.10 Å². The minimum atomic E-state index is -4.41. The number of allylic oxidation sites excluding steroid dienone is 21. The van der Waals surface area contributed by atoms with Crippen molar-refractivity contribution < 1.29 is 37.6 Å². The monoisotopic (exact) mass is 1090 g/mol. The van der Waals surface area contributed by atoms with Gasteiger partial charge >= 0.3 is 19.8 Å². The first-order valence-corrected chi connectivity index (χ1v) is 32.2. The van der Waals surface area contributed by atoms with Crippen molar-refractivity contribution in [1.29, 1.82) is 0 Å². The predicted molar refractivity (Wildman–Crippen MR) is 330 cm³/mol. The summed E-state index contributed by atoms with van der Waals surface area (Å²) in [5, 5.41) is 0. The first kappa shape index (κ1) is 73.2. The van der Waals surface area contributed by atoms with E-state index >= 15 is 0 Å². The molecule has 0 fully saturated rings. The van der Waals surface area contributed by atoms with Gasteiger partial charge in [-0.25, -0.2) is 4.57 Å². The highest BCUT2D eigenvalue weighted by atomic mass is 31.2. The van der Waals surface area contributed by atoms with Gasteiger partial charge in [0, 0.05) is 13.0 Å². The van der Waals surface area contributed by atoms with Gasteiger partial charge in [0.25, 0.3) is 0 Å². The number of carbonyl (C=O) groups is 2. The SMILES string of the molecule is CC/C=C\C/C=C\C/C=C\C/C=C\C/C=C\C/C=C\CCCCCCCCCCCCCCCCCCCCCCCCC(=O)OC(COC(=O)C/C=C\C/C=C\C/C=C\C/C=C\C/C=C\CC)COP(=O)(O)OCCN. The van der Waals surface area contributed by atoms with Crippen molar-refractivity contribution in [3.8, 4) is 0 Å². The molecular formula is C67H112NO8P. The van der Waals surface area contributed by atoms with Crippen LogP contribution in [0.5, 0.6) is 0 Å². The third-order valence-electron chi connectivity index (χ3n) is 12.6. The first-order valence-electron chi connectivity index (χ1n) is 30.7. The molecule has 2 atom stereocenters. The fourth-order valence-electron chi connectivity index (χ4n) is 8.13. The molecule has 0 aromatic carbocycles. The van der Waals surface area contributed by atoms with Crippen LogP contribution in [0.2, 0.25) is 0 Å². The predicted octanol–water partition coefficient (Wildman–Crippen LogP) is 19.7. The lowest BCUT2D eigenvalue weighted by Gasteiger charge is -2.19. The van der Waals surface area contributed by atoms with Gasteiger partial charge in [0.1, 0.15) is 6.61 Å². The average molecular weight is 1090 g/mol. The van der Waals surface area contributed by atoms with Crippen LogP contribution in [0.25, 0.3) is 0 Å². The van der Waals surface area contributed by atoms with E-state index in [0.717, 1.165) is 83.5 Å². The lowest BCUT2D eigenvalue weighted by Crippen LogP contribution is -2.29. The van der Waals surface area contributed by atoms with Crippen LogP contribution in [0.3, 0.4) is 0 Å². The van der Waals surface area contributed by atoms with Crippen molar-refractivity contribution in [3.63, 3.8) is 0 Å². The van der Waals surface area contributed by atoms with Crippen molar-refractivity contribution in [3.05, 3.63) is 134 Å². The molecule has 10 heteroatoms. The Bertz CT molecular complexity index is 1720. The summed E-state index contributed by atoms with van der Waals surface area (Å²) >= 11 is 0. The topological polar surface area (TPSA) is 134 Å². The van der Waals surface area contributed by atoms with Crippen LogP contribution in [0.4, 0.5) is 0 Å². The van der Waals surface area contributed by atoms with Crippen molar-refractivity contribution in [1.82, 2.24) is 0 Å². The largest absolute Gasteiger partial charge is 0.472 e. The Morgan fingerprint density at radius 2 is 0.714 bits per heavy atom. The maximum atomic E-state index is 12.7. The molecule has 0 amide bonds. The Balaban J connectivity index is 3.85. The van der Waals surface area contributed by atoms with Gasteiger partial charge in [-0.15, -0.1) is 0 Å². The van der Waals surface area contributed by atoms with Crippen molar-refractivity contribution in [2.45, 2.75) is 251 Å². The Labute approximate surface area is 472 Å². The number of nitrogens with two attached hydrogens (primary N) is 1. The van der Waals surface area contributed by atoms with Crippen LogP contribution in [-0.4, -0.2) is 49.3 Å². The molecule has 9 nitrogen and oxygen atoms in total. The Morgan fingerprint density at radius 1 is 0.403 bits per heavy atom. The molecule has 0 aromatic rings. The fourth-order valence-corrected chi connectivity index (χ4v) is 8.89. The zero-order chi connectivity index (χ0) is 55.9. The molecule has 0 aliphatic carbocycles. The second-order valence-electron chi connectivity index (χ2n) is 19.8. The minimum Gasteiger partial charge on any atom is -0.461 e. The summed E-state index contributed by atoms with van der Waals surface area (Å²) in [6.07, 6.45) is 87.2. The molecule has 0 spiro atoms. The number of phosphoric acid groups is 1. The zero-order valence-corrected chi connectivity index (χ0v) is 49.8. The van der Waals surface area contributed by atoms with Gasteiger partial charge in [0.05, 0.1) is 19.6 Å². The molecule has 0 heterocycles. The number of rotatable bonds is 56. The summed E-state index contributed by atoms with van der Waals surface area (Å²) in [5.41, 5.74) is 5.37. The van der Waals surface area contributed by atoms with Crippen molar-refractivity contribution >= 4 is 19.8 Å². The van der Waals surface area contributed by atoms with E-state index < -0.39 is 32.5 Å². The van der Waals surface area contributed by atoms with Crippen LogP contribution in [0, 0.1) is 0 Å². The number of carbonyl (C=O) groups excluding carboxylic acids is 2. The lowest BCUT2D eigenvalue weighted by molar-refractivity contribution is -0.160. The molecule has 0 aromatic heterocycles. The molecule has 0 radical (unpaired) electrons. The fraction of sp³-hybridized carbons (Fsp3) is 0.642. The van der Waals surface area contributed by atoms with E-state index in [1.807, 2.05) is 12.2 Å². The van der Waals surface area contributed by atoms with E-state index in [0.29, 0.717) is 12.8 Å². The maximum Gasteiger partial charge on any atom is 0.472 e. The third-order valence-corrected chi connectivity index (χ3v) is 13.5. The Hall–Kier alpha value is -3.85. The first-order chi connectivity index (χ1) is 37.8. The van der Waals surface area contributed by atoms with Crippen LogP contribution >= 0.6 is 7.82 Å². The van der Waals surface area contributed by atoms with Crippen LogP contribution in [0.15, 0.2) is 134 Å². The van der Waals surface area contributed by atoms with Gasteiger partial charge < -0.3 is 20.1 Å². The molecule has 0 aliphatic rings. The number of unbranched alkanes of at least 4 members (excludes halogenated alkanes) is 22. The number of esters is 2. The normalized spacial score (nSPS) is 14.0. The third kappa shape index (κ3) is 61.2. The summed E-state index contributed by atoms with van der Waals surface area (Å²) in [5.74, 6) is -0.976. The zero-order valence-electron chi connectivity index (χ0n) is 48.9. The summed E-state index contributed by atoms with van der Waals surface area (Å²) in [7, 11) is -4.41. The maximum absolute atomic E-state index is 12.7. The molecule has 438 valence electrons. The molecule has 0 rings (SSSR count). The molecule has 2 unspecified atom stereocenters. The Kier molecular flexibility index (Phi) is 58.3. The van der Waals surface area contributed by atoms with Crippen LogP contribution < -0.4 is 5.73 Å². The molecule has 0 saturated heterocycles. The molecule has 3 N–H and O–H groups in total. The number of phosphoric ester groups is 1. The second-order valence-corrected chi connectivity index (χ2v) is 21.3. The van der Waals surface area contributed by atoms with Crippen molar-refractivity contribution in [2.75, 3.05) is 26.4 Å². The van der Waals surface area contributed by atoms with E-state index in [-0.39, 0.29) is 32.6 Å². The van der Waals surface area contributed by atoms with E-state index in [2.05, 4.69) is 129 Å². The van der Waals surface area contributed by atoms with E-state index in [4.69, 9.17) is 24.3 Å². The number of ether oxygens (including phenoxy) is 2. The minimum absolute atomic E-state index is 0.0377. The van der Waals surface area contributed by atoms with E-state index in [1.165, 1.54) is 122 Å². The van der Waals surface area contributed by atoms with Gasteiger partial charge in [-0.2, -0.15) is 0 Å². The summed E-state index contributed by atoms with van der Waals surface area (Å²) in [6, 6.07) is 0. The highest BCUT2D eigenvalue weighted by Crippen LogP contribution is 2.43. The summed E-state index contributed by atoms with van der Waals surface area (Å²) in [6.45, 7) is 3.40. The highest BCUT2D eigenvalue weighted by molar-refractivity contribution is 7.47. The molecular weight excluding hydrogens is 978 g/mol. The quantitative estimate of drug-likeness (QED) is 0.0264. The van der Waals surface area contributed by atoms with Gasteiger partial charge in [0.2, 0.25) is 0 Å². The summed E-state index contributed by atoms with van der Waals surface area (Å²) < 4.78 is 32.9. The lowest BCUT2D eigenvalue weighted by atomic mass is 10.0. The highest BCUT2D eigenvalue weighted by Gasteiger charge is 2.26. The average Bonchev–Trinajstić information content (AvgIpc) is 3.42. The second kappa shape index (κ2) is 61.4. The van der Waals surface area contributed by atoms with Gasteiger partial charge in [-0.3, -0.25) is 18.6 Å². The van der Waals surface area contributed by atoms with Gasteiger partial charge in [-0.05, 0) is 89.9 Å². The van der Waals surface area contributed by atoms with Crippen LogP contribution in [0.1, 0.15) is 245 Å². The van der Waals surface area contributed by atoms with E-state index in [1.54, 1.807) is 6.08 Å². The standard InChI is InChI=1S/C67H112NO8P/c1-3-5-7-9-11-13-15-17-19-20-21-22-23-24-25-26-27-28-29-30-31-32-33-34-35-36-37-38-39-40-41-42-43-44-46-48-50-52-54-56-58-60-67(70)76-65(64-75-77(71,72)74-62-61-68)63-73-66(69)59-57-55-53-51-49-47-45-18-16-14-12-10-8-6-4-2/h5-8,11-14,17-19,21-22,24-25,27-28,45,49,51,55,57,65H,3-4,9-10,15-16,20,23,26,29-44,46-48,50,52-54,56,58-64,68H2,1-2H3,(H,71,72)/b7-5-,8-6-,13-11-,14-12-,19-17-,22-21-,25-24-,28-27-,45-18-,51-49-,57-55-. The number of hydrogen-bond acceptors (Lipinski definition) is 8. The molecule has 0 saturated carbocycles. The van der Waals surface area contributed by atoms with Crippen LogP contribution in [-0.2, 0) is 32.7 Å². The number of hydrogen-bond donors (Lipinski definition) is 2. The molecule has 77 heavy (non-hydrogen) atoms. The Morgan fingerprint density at radius 3 is 1.06 bits per heavy atom. The van der Waals surface area contributed by atoms with Crippen molar-refractivity contribution in [2.24, 2.45) is 5.73 Å². The van der Waals surface area contributed by atoms with E-state index in [9.17, 15) is 19.0 Å². The summed E-state index contributed by atoms with van der Waals surface area (Å²) in [4.78, 5) is 35.0. The molecule has 0 aliphatic heterocycles. The molecule has 0 bridgehead atoms. The van der Waals surface area contributed by atoms with Gasteiger partial charge in [-0.1, -0.05) is 276 Å². The smallest absolute Gasteiger partial charge is 0.461 e.